The van der Waals surface area contributed by atoms with Crippen molar-refractivity contribution in [2.45, 2.75) is 17.4 Å². The van der Waals surface area contributed by atoms with Crippen molar-refractivity contribution in [3.63, 3.8) is 0 Å². The van der Waals surface area contributed by atoms with Crippen LogP contribution in [0, 0.1) is 0 Å². The van der Waals surface area contributed by atoms with Gasteiger partial charge < -0.3 is 10.4 Å². The van der Waals surface area contributed by atoms with Crippen LogP contribution in [0.4, 0.5) is 0 Å². The van der Waals surface area contributed by atoms with Crippen molar-refractivity contribution >= 4 is 35.4 Å². The Morgan fingerprint density at radius 2 is 2.00 bits per heavy atom. The molecule has 0 bridgehead atoms. The Bertz CT molecular complexity index is 412. The zero-order chi connectivity index (χ0) is 14.1. The number of rotatable bonds is 8. The van der Waals surface area contributed by atoms with Crippen molar-refractivity contribution in [3.8, 4) is 0 Å². The molecule has 104 valence electrons. The lowest BCUT2D eigenvalue weighted by molar-refractivity contribution is -0.141. The molecule has 1 rings (SSSR count). The summed E-state index contributed by atoms with van der Waals surface area (Å²) in [5.41, 5.74) is 0. The fourth-order valence-electron chi connectivity index (χ4n) is 1.39. The van der Waals surface area contributed by atoms with E-state index >= 15 is 0 Å². The summed E-state index contributed by atoms with van der Waals surface area (Å²) in [5, 5.41) is 11.6. The smallest absolute Gasteiger partial charge is 0.326 e. The van der Waals surface area contributed by atoms with Gasteiger partial charge in [-0.2, -0.15) is 11.8 Å². The molecule has 4 nitrogen and oxygen atoms in total. The first-order valence-corrected chi connectivity index (χ1v) is 8.20. The lowest BCUT2D eigenvalue weighted by atomic mass is 10.2. The van der Waals surface area contributed by atoms with E-state index in [4.69, 9.17) is 5.11 Å². The van der Waals surface area contributed by atoms with Crippen molar-refractivity contribution < 1.29 is 14.7 Å². The fourth-order valence-corrected chi connectivity index (χ4v) is 2.60. The number of benzene rings is 1. The Balaban J connectivity index is 2.38. The molecule has 0 heterocycles. The summed E-state index contributed by atoms with van der Waals surface area (Å²) in [6.07, 6.45) is 2.35. The van der Waals surface area contributed by atoms with Gasteiger partial charge in [0.1, 0.15) is 6.04 Å². The third kappa shape index (κ3) is 6.54. The van der Waals surface area contributed by atoms with Gasteiger partial charge in [0.25, 0.3) is 0 Å². The standard InChI is InChI=1S/C13H17NO3S2/c1-18-8-7-11(13(16)17)14-12(15)9-19-10-5-3-2-4-6-10/h2-6,11H,7-9H2,1H3,(H,14,15)(H,16,17)/t11-/m0/s1. The topological polar surface area (TPSA) is 66.4 Å². The summed E-state index contributed by atoms with van der Waals surface area (Å²) >= 11 is 2.96. The zero-order valence-electron chi connectivity index (χ0n) is 10.7. The highest BCUT2D eigenvalue weighted by molar-refractivity contribution is 8.00. The second-order valence-corrected chi connectivity index (χ2v) is 5.88. The molecule has 0 unspecified atom stereocenters. The lowest BCUT2D eigenvalue weighted by Crippen LogP contribution is -2.42. The molecule has 0 fully saturated rings. The SMILES string of the molecule is CSCC[C@H](NC(=O)CSc1ccccc1)C(=O)O. The molecule has 0 saturated heterocycles. The Kier molecular flexibility index (Phi) is 7.43. The van der Waals surface area contributed by atoms with Gasteiger partial charge in [-0.05, 0) is 30.6 Å². The minimum absolute atomic E-state index is 0.229. The van der Waals surface area contributed by atoms with Gasteiger partial charge >= 0.3 is 5.97 Å². The third-order valence-corrected chi connectivity index (χ3v) is 4.01. The maximum Gasteiger partial charge on any atom is 0.326 e. The summed E-state index contributed by atoms with van der Waals surface area (Å²) in [7, 11) is 0. The van der Waals surface area contributed by atoms with Crippen LogP contribution in [0.25, 0.3) is 0 Å². The summed E-state index contributed by atoms with van der Waals surface area (Å²) in [5.74, 6) is -0.287. The number of carbonyl (C=O) groups is 2. The zero-order valence-corrected chi connectivity index (χ0v) is 12.3. The Morgan fingerprint density at radius 3 is 2.58 bits per heavy atom. The number of aliphatic carboxylic acids is 1. The first-order chi connectivity index (χ1) is 9.13. The molecule has 19 heavy (non-hydrogen) atoms. The van der Waals surface area contributed by atoms with Crippen LogP contribution in [0.15, 0.2) is 35.2 Å². The molecule has 0 saturated carbocycles. The minimum atomic E-state index is -0.980. The number of carbonyl (C=O) groups excluding carboxylic acids is 1. The summed E-state index contributed by atoms with van der Waals surface area (Å²) < 4.78 is 0. The van der Waals surface area contributed by atoms with Gasteiger partial charge in [0.15, 0.2) is 0 Å². The molecule has 1 amide bonds. The highest BCUT2D eigenvalue weighted by Crippen LogP contribution is 2.16. The first kappa shape index (κ1) is 15.9. The van der Waals surface area contributed by atoms with Crippen molar-refractivity contribution in [3.05, 3.63) is 30.3 Å². The van der Waals surface area contributed by atoms with Crippen LogP contribution in [0.3, 0.4) is 0 Å². The minimum Gasteiger partial charge on any atom is -0.480 e. The third-order valence-electron chi connectivity index (χ3n) is 2.36. The molecule has 0 aliphatic heterocycles. The molecule has 0 spiro atoms. The molecule has 0 radical (unpaired) electrons. The molecular weight excluding hydrogens is 282 g/mol. The number of hydrogen-bond donors (Lipinski definition) is 2. The van der Waals surface area contributed by atoms with E-state index in [1.807, 2.05) is 36.6 Å². The van der Waals surface area contributed by atoms with Crippen LogP contribution >= 0.6 is 23.5 Å². The van der Waals surface area contributed by atoms with Crippen LogP contribution in [0.2, 0.25) is 0 Å². The average molecular weight is 299 g/mol. The van der Waals surface area contributed by atoms with E-state index in [1.54, 1.807) is 11.8 Å². The second kappa shape index (κ2) is 8.87. The van der Waals surface area contributed by atoms with Crippen molar-refractivity contribution in [2.75, 3.05) is 17.8 Å². The molecule has 0 aliphatic rings. The monoisotopic (exact) mass is 299 g/mol. The van der Waals surface area contributed by atoms with Crippen LogP contribution in [-0.4, -0.2) is 40.8 Å². The number of nitrogens with one attached hydrogen (secondary N) is 1. The number of carboxylic acid groups (broad SMARTS) is 1. The number of amides is 1. The fraction of sp³-hybridized carbons (Fsp3) is 0.385. The van der Waals surface area contributed by atoms with E-state index in [9.17, 15) is 9.59 Å². The van der Waals surface area contributed by atoms with Crippen LogP contribution in [0.1, 0.15) is 6.42 Å². The first-order valence-electron chi connectivity index (χ1n) is 5.82. The Hall–Kier alpha value is -1.14. The molecular formula is C13H17NO3S2. The summed E-state index contributed by atoms with van der Waals surface area (Å²) in [6, 6.07) is 8.75. The Morgan fingerprint density at radius 1 is 1.32 bits per heavy atom. The van der Waals surface area contributed by atoms with Gasteiger partial charge in [-0.1, -0.05) is 18.2 Å². The highest BCUT2D eigenvalue weighted by atomic mass is 32.2. The molecule has 1 aromatic rings. The van der Waals surface area contributed by atoms with E-state index in [2.05, 4.69) is 5.32 Å². The predicted octanol–water partition coefficient (Wildman–Crippen LogP) is 2.10. The van der Waals surface area contributed by atoms with Gasteiger partial charge in [-0.25, -0.2) is 4.79 Å². The highest BCUT2D eigenvalue weighted by Gasteiger charge is 2.19. The van der Waals surface area contributed by atoms with Crippen LogP contribution in [-0.2, 0) is 9.59 Å². The predicted molar refractivity (Wildman–Crippen MR) is 79.7 cm³/mol. The molecule has 1 aromatic carbocycles. The molecule has 6 heteroatoms. The molecule has 0 aromatic heterocycles. The molecule has 1 atom stereocenters. The molecule has 2 N–H and O–H groups in total. The average Bonchev–Trinajstić information content (AvgIpc) is 2.42. The van der Waals surface area contributed by atoms with Gasteiger partial charge in [0.05, 0.1) is 5.75 Å². The summed E-state index contributed by atoms with van der Waals surface area (Å²) in [4.78, 5) is 23.7. The number of thioether (sulfide) groups is 2. The lowest BCUT2D eigenvalue weighted by Gasteiger charge is -2.13. The van der Waals surface area contributed by atoms with E-state index in [0.29, 0.717) is 12.2 Å². The number of carboxylic acids is 1. The molecule has 0 aliphatic carbocycles. The van der Waals surface area contributed by atoms with Gasteiger partial charge in [0.2, 0.25) is 5.91 Å². The van der Waals surface area contributed by atoms with Gasteiger partial charge in [-0.3, -0.25) is 4.79 Å². The van der Waals surface area contributed by atoms with Crippen molar-refractivity contribution in [1.82, 2.24) is 5.32 Å². The quantitative estimate of drug-likeness (QED) is 0.720. The van der Waals surface area contributed by atoms with Crippen molar-refractivity contribution in [1.29, 1.82) is 0 Å². The van der Waals surface area contributed by atoms with Crippen LogP contribution < -0.4 is 5.32 Å². The maximum atomic E-state index is 11.7. The largest absolute Gasteiger partial charge is 0.480 e. The number of hydrogen-bond acceptors (Lipinski definition) is 4. The van der Waals surface area contributed by atoms with Gasteiger partial charge in [0, 0.05) is 4.90 Å². The second-order valence-electron chi connectivity index (χ2n) is 3.84. The summed E-state index contributed by atoms with van der Waals surface area (Å²) in [6.45, 7) is 0. The Labute approximate surface area is 121 Å². The van der Waals surface area contributed by atoms with E-state index in [-0.39, 0.29) is 11.7 Å². The van der Waals surface area contributed by atoms with Crippen LogP contribution in [0.5, 0.6) is 0 Å². The van der Waals surface area contributed by atoms with E-state index < -0.39 is 12.0 Å². The van der Waals surface area contributed by atoms with Crippen molar-refractivity contribution in [2.24, 2.45) is 0 Å². The maximum absolute atomic E-state index is 11.7. The van der Waals surface area contributed by atoms with Gasteiger partial charge in [-0.15, -0.1) is 11.8 Å². The normalized spacial score (nSPS) is 11.8. The van der Waals surface area contributed by atoms with E-state index in [0.717, 1.165) is 4.90 Å². The van der Waals surface area contributed by atoms with E-state index in [1.165, 1.54) is 11.8 Å².